The van der Waals surface area contributed by atoms with E-state index in [1.807, 2.05) is 0 Å². The fourth-order valence-electron chi connectivity index (χ4n) is 1.65. The normalized spacial score (nSPS) is 18.4. The minimum Gasteiger partial charge on any atom is -0.327 e. The zero-order chi connectivity index (χ0) is 9.97. The Morgan fingerprint density at radius 1 is 1.57 bits per heavy atom. The van der Waals surface area contributed by atoms with Gasteiger partial charge in [0.15, 0.2) is 5.82 Å². The zero-order valence-corrected chi connectivity index (χ0v) is 8.66. The highest BCUT2D eigenvalue weighted by Gasteiger charge is 2.27. The minimum absolute atomic E-state index is 0.222. The van der Waals surface area contributed by atoms with Crippen molar-refractivity contribution in [2.24, 2.45) is 5.73 Å². The van der Waals surface area contributed by atoms with E-state index in [4.69, 9.17) is 5.73 Å². The zero-order valence-electron chi connectivity index (χ0n) is 8.66. The molecule has 3 N–H and O–H groups in total. The summed E-state index contributed by atoms with van der Waals surface area (Å²) in [6.07, 6.45) is 5.51. The molecule has 14 heavy (non-hydrogen) atoms. The second-order valence-electron chi connectivity index (χ2n) is 4.17. The Kier molecular flexibility index (Phi) is 2.82. The van der Waals surface area contributed by atoms with Gasteiger partial charge in [0, 0.05) is 18.4 Å². The molecule has 1 aliphatic rings. The van der Waals surface area contributed by atoms with Crippen molar-refractivity contribution in [3.05, 3.63) is 11.6 Å². The average molecular weight is 194 g/mol. The van der Waals surface area contributed by atoms with Crippen LogP contribution in [0.4, 0.5) is 0 Å². The summed E-state index contributed by atoms with van der Waals surface area (Å²) in [6, 6.07) is 0.222. The maximum Gasteiger partial charge on any atom is 0.153 e. The lowest BCUT2D eigenvalue weighted by Crippen LogP contribution is -2.22. The summed E-state index contributed by atoms with van der Waals surface area (Å²) in [7, 11) is 0. The van der Waals surface area contributed by atoms with Crippen molar-refractivity contribution in [2.75, 3.05) is 0 Å². The summed E-state index contributed by atoms with van der Waals surface area (Å²) >= 11 is 0. The fourth-order valence-corrected chi connectivity index (χ4v) is 1.65. The van der Waals surface area contributed by atoms with Gasteiger partial charge in [0.2, 0.25) is 0 Å². The van der Waals surface area contributed by atoms with Crippen molar-refractivity contribution < 1.29 is 0 Å². The van der Waals surface area contributed by atoms with Gasteiger partial charge in [0.1, 0.15) is 5.82 Å². The Labute approximate surface area is 84.3 Å². The number of aromatic amines is 1. The first-order valence-corrected chi connectivity index (χ1v) is 5.46. The predicted molar refractivity (Wildman–Crippen MR) is 54.9 cm³/mol. The number of hydrogen-bond donors (Lipinski definition) is 2. The lowest BCUT2D eigenvalue weighted by Gasteiger charge is -2.06. The molecule has 0 spiro atoms. The molecule has 1 aromatic heterocycles. The summed E-state index contributed by atoms with van der Waals surface area (Å²) in [4.78, 5) is 4.45. The summed E-state index contributed by atoms with van der Waals surface area (Å²) in [5.74, 6) is 2.57. The van der Waals surface area contributed by atoms with Gasteiger partial charge in [-0.2, -0.15) is 5.10 Å². The lowest BCUT2D eigenvalue weighted by molar-refractivity contribution is 0.585. The minimum atomic E-state index is 0.222. The fraction of sp³-hybridized carbons (Fsp3) is 0.800. The molecule has 78 valence electrons. The molecule has 1 fully saturated rings. The Hall–Kier alpha value is -0.900. The molecule has 0 radical (unpaired) electrons. The quantitative estimate of drug-likeness (QED) is 0.743. The highest BCUT2D eigenvalue weighted by Crippen LogP contribution is 2.37. The van der Waals surface area contributed by atoms with Crippen LogP contribution < -0.4 is 5.73 Å². The highest BCUT2D eigenvalue weighted by molar-refractivity contribution is 5.05. The standard InChI is InChI=1S/C10H18N4/c1-2-3-8(11)6-9-12-10(14-13-9)7-4-5-7/h7-8H,2-6,11H2,1H3,(H,12,13,14). The Balaban J connectivity index is 1.88. The van der Waals surface area contributed by atoms with Crippen LogP contribution in [0.3, 0.4) is 0 Å². The molecular weight excluding hydrogens is 176 g/mol. The van der Waals surface area contributed by atoms with Gasteiger partial charge in [-0.1, -0.05) is 13.3 Å². The van der Waals surface area contributed by atoms with E-state index < -0.39 is 0 Å². The predicted octanol–water partition coefficient (Wildman–Crippen LogP) is 1.35. The summed E-state index contributed by atoms with van der Waals surface area (Å²) in [5, 5.41) is 7.18. The molecule has 4 nitrogen and oxygen atoms in total. The van der Waals surface area contributed by atoms with Gasteiger partial charge in [-0.3, -0.25) is 5.10 Å². The molecular formula is C10H18N4. The van der Waals surface area contributed by atoms with Gasteiger partial charge in [0.25, 0.3) is 0 Å². The van der Waals surface area contributed by atoms with Gasteiger partial charge in [-0.25, -0.2) is 4.98 Å². The smallest absolute Gasteiger partial charge is 0.153 e. The Morgan fingerprint density at radius 2 is 2.36 bits per heavy atom. The molecule has 1 aliphatic carbocycles. The lowest BCUT2D eigenvalue weighted by atomic mass is 10.1. The van der Waals surface area contributed by atoms with E-state index in [0.29, 0.717) is 5.92 Å². The van der Waals surface area contributed by atoms with Crippen LogP contribution >= 0.6 is 0 Å². The van der Waals surface area contributed by atoms with Crippen LogP contribution in [0.25, 0.3) is 0 Å². The highest BCUT2D eigenvalue weighted by atomic mass is 15.2. The van der Waals surface area contributed by atoms with Gasteiger partial charge in [0.05, 0.1) is 0 Å². The van der Waals surface area contributed by atoms with E-state index in [2.05, 4.69) is 22.1 Å². The largest absolute Gasteiger partial charge is 0.327 e. The van der Waals surface area contributed by atoms with Crippen molar-refractivity contribution in [3.63, 3.8) is 0 Å². The van der Waals surface area contributed by atoms with Crippen LogP contribution in [-0.2, 0) is 6.42 Å². The first kappa shape index (κ1) is 9.65. The van der Waals surface area contributed by atoms with E-state index >= 15 is 0 Å². The second kappa shape index (κ2) is 4.09. The maximum absolute atomic E-state index is 5.93. The number of nitrogens with two attached hydrogens (primary N) is 1. The molecule has 0 saturated heterocycles. The average Bonchev–Trinajstić information content (AvgIpc) is 2.89. The van der Waals surface area contributed by atoms with Crippen LogP contribution in [0.5, 0.6) is 0 Å². The maximum atomic E-state index is 5.93. The molecule has 0 aromatic carbocycles. The van der Waals surface area contributed by atoms with Crippen molar-refractivity contribution >= 4 is 0 Å². The van der Waals surface area contributed by atoms with Crippen LogP contribution in [0.1, 0.15) is 50.2 Å². The molecule has 0 amide bonds. The topological polar surface area (TPSA) is 67.6 Å². The molecule has 0 aliphatic heterocycles. The third-order valence-corrected chi connectivity index (χ3v) is 2.61. The monoisotopic (exact) mass is 194 g/mol. The third-order valence-electron chi connectivity index (χ3n) is 2.61. The van der Waals surface area contributed by atoms with Crippen molar-refractivity contribution in [1.29, 1.82) is 0 Å². The third kappa shape index (κ3) is 2.32. The van der Waals surface area contributed by atoms with E-state index in [-0.39, 0.29) is 6.04 Å². The SMILES string of the molecule is CCCC(N)Cc1nc(C2CC2)n[nH]1. The van der Waals surface area contributed by atoms with Gasteiger partial charge >= 0.3 is 0 Å². The van der Waals surface area contributed by atoms with Crippen LogP contribution in [-0.4, -0.2) is 21.2 Å². The number of rotatable bonds is 5. The molecule has 2 rings (SSSR count). The number of nitrogens with zero attached hydrogens (tertiary/aromatic N) is 2. The Morgan fingerprint density at radius 3 is 3.00 bits per heavy atom. The molecule has 0 bridgehead atoms. The van der Waals surface area contributed by atoms with E-state index in [1.165, 1.54) is 12.8 Å². The van der Waals surface area contributed by atoms with Gasteiger partial charge < -0.3 is 5.73 Å². The summed E-state index contributed by atoms with van der Waals surface area (Å²) < 4.78 is 0. The molecule has 1 aromatic rings. The van der Waals surface area contributed by atoms with Crippen LogP contribution in [0.15, 0.2) is 0 Å². The second-order valence-corrected chi connectivity index (χ2v) is 4.17. The Bertz CT molecular complexity index is 290. The van der Waals surface area contributed by atoms with Gasteiger partial charge in [-0.15, -0.1) is 0 Å². The number of H-pyrrole nitrogens is 1. The van der Waals surface area contributed by atoms with E-state index in [0.717, 1.165) is 30.9 Å². The molecule has 1 heterocycles. The first-order valence-electron chi connectivity index (χ1n) is 5.46. The molecule has 1 atom stereocenters. The van der Waals surface area contributed by atoms with Crippen LogP contribution in [0, 0.1) is 0 Å². The van der Waals surface area contributed by atoms with E-state index in [1.54, 1.807) is 0 Å². The molecule has 4 heteroatoms. The van der Waals surface area contributed by atoms with Gasteiger partial charge in [-0.05, 0) is 19.3 Å². The van der Waals surface area contributed by atoms with E-state index in [9.17, 15) is 0 Å². The summed E-state index contributed by atoms with van der Waals surface area (Å²) in [6.45, 7) is 2.15. The summed E-state index contributed by atoms with van der Waals surface area (Å²) in [5.41, 5.74) is 5.93. The number of hydrogen-bond acceptors (Lipinski definition) is 3. The number of nitrogens with one attached hydrogen (secondary N) is 1. The number of aromatic nitrogens is 3. The molecule has 1 unspecified atom stereocenters. The van der Waals surface area contributed by atoms with Crippen molar-refractivity contribution in [1.82, 2.24) is 15.2 Å². The van der Waals surface area contributed by atoms with Crippen molar-refractivity contribution in [2.45, 2.75) is 51.0 Å². The first-order chi connectivity index (χ1) is 6.79. The molecule has 1 saturated carbocycles. The van der Waals surface area contributed by atoms with Crippen molar-refractivity contribution in [3.8, 4) is 0 Å². The van der Waals surface area contributed by atoms with Crippen LogP contribution in [0.2, 0.25) is 0 Å².